The highest BCUT2D eigenvalue weighted by molar-refractivity contribution is 5.27. The van der Waals surface area contributed by atoms with Crippen molar-refractivity contribution in [1.82, 2.24) is 4.90 Å². The van der Waals surface area contributed by atoms with Gasteiger partial charge in [-0.25, -0.2) is 8.78 Å². The molecule has 1 aromatic carbocycles. The highest BCUT2D eigenvalue weighted by atomic mass is 19.3. The molecule has 4 heteroatoms. The molecular formula is C15H22F2N2. The molecule has 0 spiro atoms. The minimum Gasteiger partial charge on any atom is -0.330 e. The van der Waals surface area contributed by atoms with Gasteiger partial charge in [0.2, 0.25) is 0 Å². The Hall–Kier alpha value is -1.00. The number of nitrogens with zero attached hydrogens (tertiary/aromatic N) is 1. The third kappa shape index (κ3) is 3.12. The third-order valence-corrected chi connectivity index (χ3v) is 3.97. The summed E-state index contributed by atoms with van der Waals surface area (Å²) in [6, 6.07) is 7.04. The Kier molecular flexibility index (Phi) is 4.88. The van der Waals surface area contributed by atoms with E-state index in [2.05, 4.69) is 11.8 Å². The summed E-state index contributed by atoms with van der Waals surface area (Å²) in [6.45, 7) is 4.91. The van der Waals surface area contributed by atoms with Crippen molar-refractivity contribution in [2.45, 2.75) is 32.2 Å². The van der Waals surface area contributed by atoms with Crippen molar-refractivity contribution < 1.29 is 8.78 Å². The van der Waals surface area contributed by atoms with Crippen molar-refractivity contribution in [2.24, 2.45) is 11.7 Å². The van der Waals surface area contributed by atoms with Crippen molar-refractivity contribution in [1.29, 1.82) is 0 Å². The number of alkyl halides is 2. The molecule has 0 amide bonds. The largest absolute Gasteiger partial charge is 0.330 e. The lowest BCUT2D eigenvalue weighted by Gasteiger charge is -2.28. The molecule has 2 N–H and O–H groups in total. The van der Waals surface area contributed by atoms with Crippen LogP contribution in [-0.4, -0.2) is 24.5 Å². The van der Waals surface area contributed by atoms with Crippen LogP contribution in [0.1, 0.15) is 43.4 Å². The average Bonchev–Trinajstić information content (AvgIpc) is 2.82. The summed E-state index contributed by atoms with van der Waals surface area (Å²) >= 11 is 0. The maximum absolute atomic E-state index is 12.6. The highest BCUT2D eigenvalue weighted by Crippen LogP contribution is 2.37. The summed E-state index contributed by atoms with van der Waals surface area (Å²) in [5.74, 6) is 0.434. The Labute approximate surface area is 113 Å². The molecule has 1 aliphatic rings. The Morgan fingerprint density at radius 3 is 2.53 bits per heavy atom. The van der Waals surface area contributed by atoms with Crippen LogP contribution in [0, 0.1) is 5.92 Å². The molecule has 0 saturated carbocycles. The molecule has 2 rings (SSSR count). The van der Waals surface area contributed by atoms with E-state index in [1.165, 1.54) is 12.1 Å². The fraction of sp³-hybridized carbons (Fsp3) is 0.600. The fourth-order valence-electron chi connectivity index (χ4n) is 3.03. The first kappa shape index (κ1) is 14.4. The van der Waals surface area contributed by atoms with Gasteiger partial charge in [-0.2, -0.15) is 0 Å². The first-order valence-corrected chi connectivity index (χ1v) is 6.99. The van der Waals surface area contributed by atoms with Gasteiger partial charge in [0.15, 0.2) is 0 Å². The lowest BCUT2D eigenvalue weighted by Crippen LogP contribution is -2.28. The summed E-state index contributed by atoms with van der Waals surface area (Å²) in [6.07, 6.45) is -0.199. The fourth-order valence-corrected chi connectivity index (χ4v) is 3.03. The predicted octanol–water partition coefficient (Wildman–Crippen LogP) is 3.36. The minimum absolute atomic E-state index is 0.0908. The monoisotopic (exact) mass is 268 g/mol. The minimum atomic E-state index is -2.39. The molecule has 1 saturated heterocycles. The van der Waals surface area contributed by atoms with Crippen molar-refractivity contribution in [2.75, 3.05) is 19.6 Å². The molecule has 1 heterocycles. The zero-order chi connectivity index (χ0) is 13.8. The van der Waals surface area contributed by atoms with Gasteiger partial charge in [-0.3, -0.25) is 4.90 Å². The number of halogens is 2. The van der Waals surface area contributed by atoms with Crippen LogP contribution in [0.5, 0.6) is 0 Å². The maximum Gasteiger partial charge on any atom is 0.263 e. The van der Waals surface area contributed by atoms with Gasteiger partial charge in [0.05, 0.1) is 0 Å². The summed E-state index contributed by atoms with van der Waals surface area (Å²) in [4.78, 5) is 2.43. The highest BCUT2D eigenvalue weighted by Gasteiger charge is 2.33. The molecule has 1 aromatic rings. The van der Waals surface area contributed by atoms with Crippen LogP contribution in [0.15, 0.2) is 24.3 Å². The van der Waals surface area contributed by atoms with Crippen LogP contribution in [0.2, 0.25) is 0 Å². The smallest absolute Gasteiger partial charge is 0.263 e. The van der Waals surface area contributed by atoms with E-state index in [0.717, 1.165) is 31.5 Å². The van der Waals surface area contributed by atoms with Crippen LogP contribution in [-0.2, 0) is 0 Å². The summed E-state index contributed by atoms with van der Waals surface area (Å²) < 4.78 is 25.2. The third-order valence-electron chi connectivity index (χ3n) is 3.97. The molecule has 1 fully saturated rings. The normalized spacial score (nSPS) is 24.3. The van der Waals surface area contributed by atoms with E-state index in [1.807, 2.05) is 12.1 Å². The Bertz CT molecular complexity index is 392. The average molecular weight is 268 g/mol. The molecule has 2 atom stereocenters. The van der Waals surface area contributed by atoms with E-state index in [1.54, 1.807) is 0 Å². The number of hydrogen-bond donors (Lipinski definition) is 1. The maximum atomic E-state index is 12.6. The second-order valence-corrected chi connectivity index (χ2v) is 5.23. The van der Waals surface area contributed by atoms with E-state index in [0.29, 0.717) is 12.5 Å². The van der Waals surface area contributed by atoms with Gasteiger partial charge in [0.1, 0.15) is 0 Å². The zero-order valence-corrected chi connectivity index (χ0v) is 11.4. The molecule has 2 nitrogen and oxygen atoms in total. The summed E-state index contributed by atoms with van der Waals surface area (Å²) in [5, 5.41) is 0. The van der Waals surface area contributed by atoms with Crippen molar-refractivity contribution in [3.05, 3.63) is 35.4 Å². The molecule has 19 heavy (non-hydrogen) atoms. The number of benzene rings is 1. The van der Waals surface area contributed by atoms with Gasteiger partial charge in [-0.15, -0.1) is 0 Å². The van der Waals surface area contributed by atoms with Gasteiger partial charge in [0, 0.05) is 11.6 Å². The van der Waals surface area contributed by atoms with Crippen LogP contribution >= 0.6 is 0 Å². The van der Waals surface area contributed by atoms with E-state index < -0.39 is 6.43 Å². The Morgan fingerprint density at radius 2 is 2.00 bits per heavy atom. The molecule has 0 radical (unpaired) electrons. The molecular weight excluding hydrogens is 246 g/mol. The van der Waals surface area contributed by atoms with Crippen LogP contribution in [0.3, 0.4) is 0 Å². The van der Waals surface area contributed by atoms with Crippen LogP contribution in [0.4, 0.5) is 8.78 Å². The van der Waals surface area contributed by atoms with E-state index in [9.17, 15) is 8.78 Å². The standard InChI is InChI=1S/C15H22F2N2/c1-2-8-19-9-7-13(10-18)14(19)11-3-5-12(6-4-11)15(16)17/h3-6,13-15H,2,7-10,18H2,1H3. The number of nitrogens with two attached hydrogens (primary N) is 1. The number of likely N-dealkylation sites (tertiary alicyclic amines) is 1. The molecule has 0 bridgehead atoms. The topological polar surface area (TPSA) is 29.3 Å². The van der Waals surface area contributed by atoms with Gasteiger partial charge in [-0.05, 0) is 44.0 Å². The molecule has 1 aliphatic heterocycles. The van der Waals surface area contributed by atoms with Crippen molar-refractivity contribution >= 4 is 0 Å². The van der Waals surface area contributed by atoms with Gasteiger partial charge < -0.3 is 5.73 Å². The summed E-state index contributed by atoms with van der Waals surface area (Å²) in [5.41, 5.74) is 7.06. The zero-order valence-electron chi connectivity index (χ0n) is 11.4. The first-order valence-electron chi connectivity index (χ1n) is 6.99. The van der Waals surface area contributed by atoms with Crippen molar-refractivity contribution in [3.8, 4) is 0 Å². The van der Waals surface area contributed by atoms with Gasteiger partial charge >= 0.3 is 0 Å². The second-order valence-electron chi connectivity index (χ2n) is 5.23. The van der Waals surface area contributed by atoms with Gasteiger partial charge in [-0.1, -0.05) is 31.2 Å². The SMILES string of the molecule is CCCN1CCC(CN)C1c1ccc(C(F)F)cc1. The Morgan fingerprint density at radius 1 is 1.32 bits per heavy atom. The van der Waals surface area contributed by atoms with E-state index in [4.69, 9.17) is 5.73 Å². The Balaban J connectivity index is 2.20. The van der Waals surface area contributed by atoms with Crippen LogP contribution < -0.4 is 5.73 Å². The first-order chi connectivity index (χ1) is 9.17. The van der Waals surface area contributed by atoms with Crippen LogP contribution in [0.25, 0.3) is 0 Å². The molecule has 0 aliphatic carbocycles. The number of rotatable bonds is 5. The van der Waals surface area contributed by atoms with E-state index >= 15 is 0 Å². The summed E-state index contributed by atoms with van der Waals surface area (Å²) in [7, 11) is 0. The lowest BCUT2D eigenvalue weighted by molar-refractivity contribution is 0.151. The lowest BCUT2D eigenvalue weighted by atomic mass is 9.93. The van der Waals surface area contributed by atoms with Gasteiger partial charge in [0.25, 0.3) is 6.43 Å². The molecule has 106 valence electrons. The van der Waals surface area contributed by atoms with Crippen molar-refractivity contribution in [3.63, 3.8) is 0 Å². The molecule has 0 aromatic heterocycles. The second kappa shape index (κ2) is 6.44. The predicted molar refractivity (Wildman–Crippen MR) is 73.2 cm³/mol. The molecule has 2 unspecified atom stereocenters. The number of hydrogen-bond acceptors (Lipinski definition) is 2. The quantitative estimate of drug-likeness (QED) is 0.887. The van der Waals surface area contributed by atoms with E-state index in [-0.39, 0.29) is 11.6 Å².